The normalized spacial score (nSPS) is 11.3. The molecule has 0 aliphatic rings. The summed E-state index contributed by atoms with van der Waals surface area (Å²) >= 11 is 0. The predicted molar refractivity (Wildman–Crippen MR) is 34.2 cm³/mol. The summed E-state index contributed by atoms with van der Waals surface area (Å²) in [4.78, 5) is 0. The van der Waals surface area contributed by atoms with Crippen molar-refractivity contribution in [2.75, 3.05) is 0 Å². The highest BCUT2D eigenvalue weighted by molar-refractivity contribution is 8.14. The van der Waals surface area contributed by atoms with Crippen LogP contribution in [0.5, 0.6) is 0 Å². The van der Waals surface area contributed by atoms with E-state index in [9.17, 15) is 0 Å². The largest absolute Gasteiger partial charge is 0.0979 e. The van der Waals surface area contributed by atoms with E-state index < -0.39 is 0 Å². The first-order valence-corrected chi connectivity index (χ1v) is 4.17. The van der Waals surface area contributed by atoms with Crippen LogP contribution in [0.3, 0.4) is 0 Å². The Morgan fingerprint density at radius 2 is 1.33 bits per heavy atom. The van der Waals surface area contributed by atoms with E-state index in [1.54, 1.807) is 0 Å². The van der Waals surface area contributed by atoms with E-state index in [0.717, 1.165) is 0 Å². The lowest BCUT2D eigenvalue weighted by Crippen LogP contribution is -1.18. The van der Waals surface area contributed by atoms with Crippen molar-refractivity contribution in [3.63, 3.8) is 0 Å². The summed E-state index contributed by atoms with van der Waals surface area (Å²) in [6, 6.07) is 0. The summed E-state index contributed by atoms with van der Waals surface area (Å²) in [5.74, 6) is 3.70. The van der Waals surface area contributed by atoms with Crippen molar-refractivity contribution in [1.29, 1.82) is 0 Å². The Morgan fingerprint density at radius 3 is 1.50 bits per heavy atom. The minimum absolute atomic E-state index is 1.23. The summed E-state index contributed by atoms with van der Waals surface area (Å²) in [6.07, 6.45) is 0. The van der Waals surface area contributed by atoms with Gasteiger partial charge >= 0.3 is 0 Å². The van der Waals surface area contributed by atoms with Crippen LogP contribution >= 0.6 is 16.5 Å². The summed E-state index contributed by atoms with van der Waals surface area (Å²) in [5.41, 5.74) is 0. The molecule has 0 bridgehead atoms. The average Bonchev–Trinajstić information content (AvgIpc) is 1.61. The zero-order valence-corrected chi connectivity index (χ0v) is 5.25. The summed E-state index contributed by atoms with van der Waals surface area (Å²) < 4.78 is 0. The van der Waals surface area contributed by atoms with Gasteiger partial charge in [0.05, 0.1) is 0 Å². The number of hydrogen-bond donors (Lipinski definition) is 0. The van der Waals surface area contributed by atoms with Gasteiger partial charge in [0.15, 0.2) is 0 Å². The molecule has 0 atom stereocenters. The van der Waals surface area contributed by atoms with Gasteiger partial charge in [-0.05, 0) is 16.5 Å². The van der Waals surface area contributed by atoms with Gasteiger partial charge in [-0.15, -0.1) is 0 Å². The first-order valence-electron chi connectivity index (χ1n) is 1.53. The molecule has 0 N–H and O–H groups in total. The van der Waals surface area contributed by atoms with Gasteiger partial charge in [-0.1, -0.05) is 24.8 Å². The van der Waals surface area contributed by atoms with Crippen LogP contribution in [0, 0.1) is 0 Å². The van der Waals surface area contributed by atoms with Crippen molar-refractivity contribution >= 4 is 16.5 Å². The second kappa shape index (κ2) is 5.34. The summed E-state index contributed by atoms with van der Waals surface area (Å²) in [5, 5.41) is 0. The van der Waals surface area contributed by atoms with Crippen molar-refractivity contribution in [2.45, 2.75) is 0 Å². The van der Waals surface area contributed by atoms with Crippen LogP contribution in [0.25, 0.3) is 0 Å². The molecule has 0 unspecified atom stereocenters. The monoisotopic (exact) mass is 116 g/mol. The number of rotatable bonds is 3. The molecule has 0 amide bonds. The third-order valence-electron chi connectivity index (χ3n) is 0.230. The first-order chi connectivity index (χ1) is 2.91. The average molecular weight is 116 g/mol. The van der Waals surface area contributed by atoms with Crippen LogP contribution in [-0.2, 0) is 0 Å². The topological polar surface area (TPSA) is 0 Å². The van der Waals surface area contributed by atoms with E-state index >= 15 is 0 Å². The molecule has 0 aliphatic heterocycles. The zero-order valence-electron chi connectivity index (χ0n) is 3.46. The van der Waals surface area contributed by atoms with Gasteiger partial charge in [0.25, 0.3) is 0 Å². The molecule has 2 radical (unpaired) electrons. The van der Waals surface area contributed by atoms with Gasteiger partial charge in [-0.2, -0.15) is 0 Å². The Kier molecular flexibility index (Phi) is 5.64. The molecule has 0 heterocycles. The minimum atomic E-state index is 1.23. The van der Waals surface area contributed by atoms with E-state index in [-0.39, 0.29) is 0 Å². The van der Waals surface area contributed by atoms with Crippen LogP contribution in [0.1, 0.15) is 0 Å². The maximum atomic E-state index is 3.53. The second-order valence-corrected chi connectivity index (χ2v) is 3.17. The molecule has 0 saturated heterocycles. The molecule has 0 spiro atoms. The summed E-state index contributed by atoms with van der Waals surface area (Å²) in [6.45, 7) is 7.06. The maximum absolute atomic E-state index is 3.53. The van der Waals surface area contributed by atoms with Crippen molar-refractivity contribution in [3.8, 4) is 0 Å². The first kappa shape index (κ1) is 6.34. The van der Waals surface area contributed by atoms with Gasteiger partial charge in [0, 0.05) is 0 Å². The summed E-state index contributed by atoms with van der Waals surface area (Å²) in [7, 11) is 2.46. The lowest BCUT2D eigenvalue weighted by atomic mass is 11.3. The maximum Gasteiger partial charge on any atom is -0.0149 e. The molecule has 6 heavy (non-hydrogen) atoms. The van der Waals surface area contributed by atoms with Gasteiger partial charge in [-0.3, -0.25) is 0 Å². The zero-order chi connectivity index (χ0) is 4.83. The Bertz CT molecular complexity index is 41.5. The Hall–Kier alpha value is 0.340. The lowest BCUT2D eigenvalue weighted by molar-refractivity contribution is 2.64. The SMILES string of the molecule is C=C[P][P]C=C. The van der Waals surface area contributed by atoms with E-state index in [1.807, 2.05) is 11.6 Å². The van der Waals surface area contributed by atoms with E-state index in [4.69, 9.17) is 0 Å². The molecule has 32 valence electrons. The lowest BCUT2D eigenvalue weighted by Gasteiger charge is -1.74. The quantitative estimate of drug-likeness (QED) is 0.392. The molecule has 0 rings (SSSR count). The minimum Gasteiger partial charge on any atom is -0.0979 e. The second-order valence-electron chi connectivity index (χ2n) is 0.596. The van der Waals surface area contributed by atoms with Gasteiger partial charge in [0.1, 0.15) is 0 Å². The fourth-order valence-electron chi connectivity index (χ4n) is 0.0943. The highest BCUT2D eigenvalue weighted by Gasteiger charge is 1.68. The van der Waals surface area contributed by atoms with E-state index in [1.165, 1.54) is 16.5 Å². The molecule has 2 heteroatoms. The molecule has 0 aliphatic carbocycles. The standard InChI is InChI=1S/C4H6P2/c1-3-5-6-4-2/h3-4H,1-2H2. The van der Waals surface area contributed by atoms with Crippen molar-refractivity contribution < 1.29 is 0 Å². The van der Waals surface area contributed by atoms with Crippen LogP contribution in [0.4, 0.5) is 0 Å². The molecular formula is C4H6P2. The smallest absolute Gasteiger partial charge is 0.0149 e. The highest BCUT2D eigenvalue weighted by atomic mass is 32.0. The molecule has 0 aromatic rings. The number of hydrogen-bond acceptors (Lipinski definition) is 0. The van der Waals surface area contributed by atoms with Crippen molar-refractivity contribution in [3.05, 3.63) is 24.8 Å². The van der Waals surface area contributed by atoms with Crippen LogP contribution in [-0.4, -0.2) is 0 Å². The molecule has 0 saturated carbocycles. The molecule has 0 aromatic carbocycles. The fraction of sp³-hybridized carbons (Fsp3) is 0. The molecular weight excluding hydrogens is 110 g/mol. The van der Waals surface area contributed by atoms with Gasteiger partial charge in [-0.25, -0.2) is 0 Å². The highest BCUT2D eigenvalue weighted by Crippen LogP contribution is 2.37. The van der Waals surface area contributed by atoms with Gasteiger partial charge < -0.3 is 0 Å². The predicted octanol–water partition coefficient (Wildman–Crippen LogP) is 3.08. The van der Waals surface area contributed by atoms with Crippen LogP contribution < -0.4 is 0 Å². The van der Waals surface area contributed by atoms with Gasteiger partial charge in [0.2, 0.25) is 0 Å². The van der Waals surface area contributed by atoms with Crippen LogP contribution in [0.15, 0.2) is 24.8 Å². The van der Waals surface area contributed by atoms with E-state index in [0.29, 0.717) is 0 Å². The van der Waals surface area contributed by atoms with Crippen LogP contribution in [0.2, 0.25) is 0 Å². The van der Waals surface area contributed by atoms with E-state index in [2.05, 4.69) is 13.2 Å². The molecule has 0 fully saturated rings. The third-order valence-corrected chi connectivity index (χ3v) is 2.07. The third kappa shape index (κ3) is 4.34. The Balaban J connectivity index is 2.66. The Labute approximate surface area is 42.2 Å². The van der Waals surface area contributed by atoms with Crippen molar-refractivity contribution in [1.82, 2.24) is 0 Å². The molecule has 0 aromatic heterocycles. The molecule has 0 nitrogen and oxygen atoms in total. The Morgan fingerprint density at radius 1 is 1.00 bits per heavy atom. The van der Waals surface area contributed by atoms with Crippen molar-refractivity contribution in [2.24, 2.45) is 0 Å². The fourth-order valence-corrected chi connectivity index (χ4v) is 0.849.